The van der Waals surface area contributed by atoms with E-state index in [9.17, 15) is 24.6 Å². The maximum absolute atomic E-state index is 13.7. The number of esters is 1. The maximum atomic E-state index is 13.7. The van der Waals surface area contributed by atoms with Crippen molar-refractivity contribution in [2.45, 2.75) is 76.6 Å². The van der Waals surface area contributed by atoms with E-state index in [1.165, 1.54) is 27.4 Å². The zero-order valence-electron chi connectivity index (χ0n) is 29.3. The number of nitrogens with one attached hydrogen (secondary N) is 2. The predicted molar refractivity (Wildman–Crippen MR) is 191 cm³/mol. The largest absolute Gasteiger partial charge is 0.507 e. The van der Waals surface area contributed by atoms with E-state index in [1.807, 2.05) is 6.92 Å². The SMILES string of the molecule is COc1cc(C(CC(=O)NCCSCc2nc[nH]c2C)c2c(O)cc3c(c2O)C(=O)O[C@@H](C)CCCC(=O)CCCC=C3)cc(OC)c1OC. The van der Waals surface area contributed by atoms with Crippen LogP contribution >= 0.6 is 11.8 Å². The van der Waals surface area contributed by atoms with Gasteiger partial charge in [-0.15, -0.1) is 0 Å². The molecule has 1 unspecified atom stereocenters. The summed E-state index contributed by atoms with van der Waals surface area (Å²) in [6.07, 6.45) is 7.45. The molecular weight excluding hydrogens is 662 g/mol. The number of hydrogen-bond acceptors (Lipinski definition) is 11. The van der Waals surface area contributed by atoms with Crippen LogP contribution in [0.2, 0.25) is 0 Å². The first-order chi connectivity index (χ1) is 24.1. The number of Topliss-reactive ketones (excluding diaryl/α,β-unsaturated/α-hetero) is 1. The molecule has 2 aromatic carbocycles. The number of H-pyrrole nitrogens is 1. The third-order valence-corrected chi connectivity index (χ3v) is 9.59. The lowest BCUT2D eigenvalue weighted by Crippen LogP contribution is -2.27. The number of aromatic hydroxyl groups is 2. The summed E-state index contributed by atoms with van der Waals surface area (Å²) in [4.78, 5) is 46.8. The summed E-state index contributed by atoms with van der Waals surface area (Å²) >= 11 is 1.63. The fourth-order valence-electron chi connectivity index (χ4n) is 5.93. The summed E-state index contributed by atoms with van der Waals surface area (Å²) in [5, 5.41) is 26.4. The second-order valence-electron chi connectivity index (χ2n) is 12.2. The molecule has 12 nitrogen and oxygen atoms in total. The minimum atomic E-state index is -0.957. The quantitative estimate of drug-likeness (QED) is 0.125. The Morgan fingerprint density at radius 2 is 1.82 bits per heavy atom. The number of carbonyl (C=O) groups is 3. The lowest BCUT2D eigenvalue weighted by molar-refractivity contribution is -0.121. The number of aryl methyl sites for hydroxylation is 1. The number of ketones is 1. The first-order valence-corrected chi connectivity index (χ1v) is 17.8. The van der Waals surface area contributed by atoms with Crippen molar-refractivity contribution in [1.82, 2.24) is 15.3 Å². The molecule has 0 bridgehead atoms. The number of imidazole rings is 1. The highest BCUT2D eigenvalue weighted by Crippen LogP contribution is 2.47. The number of ether oxygens (including phenoxy) is 4. The van der Waals surface area contributed by atoms with E-state index >= 15 is 0 Å². The number of hydrogen-bond donors (Lipinski definition) is 4. The fraction of sp³-hybridized carbons (Fsp3) is 0.459. The van der Waals surface area contributed by atoms with Crippen molar-refractivity contribution < 1.29 is 43.5 Å². The van der Waals surface area contributed by atoms with E-state index in [-0.39, 0.29) is 40.6 Å². The van der Waals surface area contributed by atoms with Crippen molar-refractivity contribution in [1.29, 1.82) is 0 Å². The van der Waals surface area contributed by atoms with E-state index in [0.29, 0.717) is 79.4 Å². The number of nitrogens with zero attached hydrogens (tertiary/aromatic N) is 1. The second-order valence-corrected chi connectivity index (χ2v) is 13.3. The van der Waals surface area contributed by atoms with Crippen molar-refractivity contribution in [3.05, 3.63) is 64.2 Å². The molecule has 1 aliphatic rings. The molecule has 0 radical (unpaired) electrons. The van der Waals surface area contributed by atoms with E-state index in [2.05, 4.69) is 15.3 Å². The summed E-state index contributed by atoms with van der Waals surface area (Å²) in [5.74, 6) is -0.465. The van der Waals surface area contributed by atoms with Gasteiger partial charge >= 0.3 is 5.97 Å². The standard InChI is InChI=1S/C37H47N3O9S/c1-22-10-9-13-26(41)12-8-6-7-11-24-16-29(42)34(35(44)33(24)37(45)49-22)27(25-17-30(46-3)36(48-5)31(18-25)47-4)19-32(43)38-14-15-50-20-28-23(2)39-21-40-28/h7,11,16-18,21-22,27,42,44H,6,8-10,12-15,19-20H2,1-5H3,(H,38,43)(H,39,40)/t22-,27?/m0/s1. The highest BCUT2D eigenvalue weighted by Gasteiger charge is 2.32. The zero-order valence-corrected chi connectivity index (χ0v) is 30.1. The highest BCUT2D eigenvalue weighted by atomic mass is 32.2. The topological polar surface area (TPSA) is 169 Å². The van der Waals surface area contributed by atoms with E-state index in [0.717, 1.165) is 11.4 Å². The summed E-state index contributed by atoms with van der Waals surface area (Å²) < 4.78 is 22.4. The molecule has 3 aromatic rings. The molecule has 1 aromatic heterocycles. The predicted octanol–water partition coefficient (Wildman–Crippen LogP) is 6.21. The molecule has 0 fully saturated rings. The van der Waals surface area contributed by atoms with Crippen LogP contribution in [-0.4, -0.2) is 77.6 Å². The average Bonchev–Trinajstić information content (AvgIpc) is 3.50. The third kappa shape index (κ3) is 9.74. The lowest BCUT2D eigenvalue weighted by Gasteiger charge is -2.24. The number of rotatable bonds is 12. The van der Waals surface area contributed by atoms with Gasteiger partial charge in [0.05, 0.1) is 39.5 Å². The smallest absolute Gasteiger partial charge is 0.342 e. The summed E-state index contributed by atoms with van der Waals surface area (Å²) in [6, 6.07) is 4.68. The van der Waals surface area contributed by atoms with Crippen molar-refractivity contribution in [3.63, 3.8) is 0 Å². The van der Waals surface area contributed by atoms with Gasteiger partial charge in [0.1, 0.15) is 22.8 Å². The van der Waals surface area contributed by atoms with Crippen molar-refractivity contribution in [2.75, 3.05) is 33.6 Å². The number of thioether (sulfide) groups is 1. The number of phenols is 2. The van der Waals surface area contributed by atoms with Gasteiger partial charge in [-0.2, -0.15) is 11.8 Å². The van der Waals surface area contributed by atoms with Crippen LogP contribution in [0.15, 0.2) is 30.6 Å². The van der Waals surface area contributed by atoms with E-state index < -0.39 is 23.7 Å². The molecule has 0 saturated carbocycles. The maximum Gasteiger partial charge on any atom is 0.342 e. The van der Waals surface area contributed by atoms with Gasteiger partial charge in [-0.05, 0) is 68.9 Å². The average molecular weight is 710 g/mol. The number of methoxy groups -OCH3 is 3. The second kappa shape index (κ2) is 18.4. The first kappa shape index (κ1) is 38.2. The molecule has 4 rings (SSSR count). The molecule has 0 saturated heterocycles. The number of amides is 1. The van der Waals surface area contributed by atoms with Crippen molar-refractivity contribution >= 4 is 35.5 Å². The van der Waals surface area contributed by atoms with Gasteiger partial charge < -0.3 is 39.5 Å². The molecule has 4 N–H and O–H groups in total. The van der Waals surface area contributed by atoms with Gasteiger partial charge in [0, 0.05) is 54.5 Å². The van der Waals surface area contributed by atoms with Crippen molar-refractivity contribution in [2.24, 2.45) is 0 Å². The highest BCUT2D eigenvalue weighted by molar-refractivity contribution is 7.98. The van der Waals surface area contributed by atoms with Crippen LogP contribution in [0.1, 0.15) is 96.2 Å². The number of carbonyl (C=O) groups excluding carboxylic acids is 3. The van der Waals surface area contributed by atoms with Gasteiger partial charge in [0.15, 0.2) is 11.5 Å². The Bertz CT molecular complexity index is 1660. The van der Waals surface area contributed by atoms with Gasteiger partial charge in [0.25, 0.3) is 0 Å². The molecule has 1 aliphatic heterocycles. The Balaban J connectivity index is 1.73. The molecule has 1 amide bonds. The summed E-state index contributed by atoms with van der Waals surface area (Å²) in [7, 11) is 4.40. The minimum absolute atomic E-state index is 0.0266. The number of benzene rings is 2. The van der Waals surface area contributed by atoms with Crippen LogP contribution in [0.3, 0.4) is 0 Å². The van der Waals surface area contributed by atoms with Crippen LogP contribution in [0, 0.1) is 6.92 Å². The van der Waals surface area contributed by atoms with Gasteiger partial charge in [-0.25, -0.2) is 9.78 Å². The molecule has 0 spiro atoms. The van der Waals surface area contributed by atoms with E-state index in [1.54, 1.807) is 49.3 Å². The Kier molecular flexibility index (Phi) is 14.0. The van der Waals surface area contributed by atoms with Gasteiger partial charge in [-0.1, -0.05) is 12.2 Å². The van der Waals surface area contributed by atoms with Gasteiger partial charge in [-0.3, -0.25) is 9.59 Å². The first-order valence-electron chi connectivity index (χ1n) is 16.7. The van der Waals surface area contributed by atoms with E-state index in [4.69, 9.17) is 18.9 Å². The van der Waals surface area contributed by atoms with Crippen LogP contribution in [0.5, 0.6) is 28.7 Å². The van der Waals surface area contributed by atoms with Crippen LogP contribution < -0.4 is 19.5 Å². The minimum Gasteiger partial charge on any atom is -0.507 e. The number of aromatic nitrogens is 2. The molecule has 2 heterocycles. The molecular formula is C37H47N3O9S. The number of fused-ring (bicyclic) bond motifs is 1. The van der Waals surface area contributed by atoms with Crippen LogP contribution in [0.4, 0.5) is 0 Å². The molecule has 2 atom stereocenters. The number of aromatic amines is 1. The Labute approximate surface area is 297 Å². The molecule has 50 heavy (non-hydrogen) atoms. The molecule has 13 heteroatoms. The Morgan fingerprint density at radius 3 is 2.48 bits per heavy atom. The van der Waals surface area contributed by atoms with Crippen LogP contribution in [-0.2, 0) is 20.1 Å². The fourth-order valence-corrected chi connectivity index (χ4v) is 6.81. The van der Waals surface area contributed by atoms with Crippen LogP contribution in [0.25, 0.3) is 6.08 Å². The van der Waals surface area contributed by atoms with Gasteiger partial charge in [0.2, 0.25) is 11.7 Å². The zero-order chi connectivity index (χ0) is 36.2. The number of cyclic esters (lactones) is 1. The summed E-state index contributed by atoms with van der Waals surface area (Å²) in [5.41, 5.74) is 2.51. The Morgan fingerprint density at radius 1 is 1.10 bits per heavy atom. The molecule has 270 valence electrons. The van der Waals surface area contributed by atoms with Crippen molar-refractivity contribution in [3.8, 4) is 28.7 Å². The number of allylic oxidation sites excluding steroid dienone is 1. The molecule has 0 aliphatic carbocycles. The lowest BCUT2D eigenvalue weighted by atomic mass is 9.84. The normalized spacial score (nSPS) is 16.1. The Hall–Kier alpha value is -4.65. The number of phenolic OH excluding ortho intramolecular Hbond substituents is 2. The summed E-state index contributed by atoms with van der Waals surface area (Å²) in [6.45, 7) is 4.06. The monoisotopic (exact) mass is 709 g/mol. The third-order valence-electron chi connectivity index (χ3n) is 8.62.